The SMILES string of the molecule is CN(Cc1ccc(F)cc1)C(=O)c1cccnc1N1CCOCC1. The van der Waals surface area contributed by atoms with Gasteiger partial charge in [-0.2, -0.15) is 0 Å². The molecule has 0 spiro atoms. The van der Waals surface area contributed by atoms with Gasteiger partial charge in [0.25, 0.3) is 5.91 Å². The average molecular weight is 329 g/mol. The standard InChI is InChI=1S/C18H20FN3O2/c1-21(13-14-4-6-15(19)7-5-14)18(23)16-3-2-8-20-17(16)22-9-11-24-12-10-22/h2-8H,9-13H2,1H3. The smallest absolute Gasteiger partial charge is 0.257 e. The van der Waals surface area contributed by atoms with E-state index in [4.69, 9.17) is 4.74 Å². The number of hydrogen-bond acceptors (Lipinski definition) is 4. The van der Waals surface area contributed by atoms with Crippen LogP contribution < -0.4 is 4.90 Å². The number of nitrogens with zero attached hydrogens (tertiary/aromatic N) is 3. The van der Waals surface area contributed by atoms with Gasteiger partial charge in [-0.1, -0.05) is 12.1 Å². The second-order valence-corrected chi connectivity index (χ2v) is 5.76. The molecule has 0 radical (unpaired) electrons. The molecule has 0 N–H and O–H groups in total. The van der Waals surface area contributed by atoms with E-state index >= 15 is 0 Å². The predicted octanol–water partition coefficient (Wildman–Crippen LogP) is 2.33. The van der Waals surface area contributed by atoms with Gasteiger partial charge in [0.1, 0.15) is 11.6 Å². The molecule has 1 aromatic carbocycles. The van der Waals surface area contributed by atoms with Crippen molar-refractivity contribution in [3.05, 3.63) is 59.5 Å². The Labute approximate surface area is 140 Å². The van der Waals surface area contributed by atoms with Crippen molar-refractivity contribution >= 4 is 11.7 Å². The first kappa shape index (κ1) is 16.4. The number of aromatic nitrogens is 1. The monoisotopic (exact) mass is 329 g/mol. The lowest BCUT2D eigenvalue weighted by molar-refractivity contribution is 0.0784. The fourth-order valence-corrected chi connectivity index (χ4v) is 2.73. The highest BCUT2D eigenvalue weighted by molar-refractivity contribution is 5.98. The minimum absolute atomic E-state index is 0.103. The molecule has 0 aliphatic carbocycles. The zero-order valence-corrected chi connectivity index (χ0v) is 13.6. The number of benzene rings is 1. The first-order valence-electron chi connectivity index (χ1n) is 7.93. The zero-order valence-electron chi connectivity index (χ0n) is 13.6. The van der Waals surface area contributed by atoms with Crippen molar-refractivity contribution in [3.8, 4) is 0 Å². The maximum atomic E-state index is 13.0. The quantitative estimate of drug-likeness (QED) is 0.864. The fraction of sp³-hybridized carbons (Fsp3) is 0.333. The highest BCUT2D eigenvalue weighted by Gasteiger charge is 2.22. The molecule has 2 aromatic rings. The van der Waals surface area contributed by atoms with Crippen molar-refractivity contribution in [2.45, 2.75) is 6.54 Å². The first-order chi connectivity index (χ1) is 11.6. The van der Waals surface area contributed by atoms with Crippen LogP contribution in [0.25, 0.3) is 0 Å². The van der Waals surface area contributed by atoms with E-state index in [9.17, 15) is 9.18 Å². The second kappa shape index (κ2) is 7.40. The minimum Gasteiger partial charge on any atom is -0.378 e. The number of carbonyl (C=O) groups is 1. The Morgan fingerprint density at radius 3 is 2.67 bits per heavy atom. The largest absolute Gasteiger partial charge is 0.378 e. The third-order valence-electron chi connectivity index (χ3n) is 4.01. The van der Waals surface area contributed by atoms with Crippen molar-refractivity contribution in [1.29, 1.82) is 0 Å². The number of amides is 1. The van der Waals surface area contributed by atoms with Crippen LogP contribution in [0.15, 0.2) is 42.6 Å². The molecule has 1 aliphatic heterocycles. The Morgan fingerprint density at radius 1 is 1.25 bits per heavy atom. The fourth-order valence-electron chi connectivity index (χ4n) is 2.73. The summed E-state index contributed by atoms with van der Waals surface area (Å²) in [6.45, 7) is 3.12. The van der Waals surface area contributed by atoms with Gasteiger partial charge in [-0.25, -0.2) is 9.37 Å². The minimum atomic E-state index is -0.283. The van der Waals surface area contributed by atoms with Gasteiger partial charge in [0.2, 0.25) is 0 Å². The van der Waals surface area contributed by atoms with Crippen LogP contribution in [0.1, 0.15) is 15.9 Å². The third kappa shape index (κ3) is 3.71. The van der Waals surface area contributed by atoms with Gasteiger partial charge in [-0.15, -0.1) is 0 Å². The average Bonchev–Trinajstić information content (AvgIpc) is 2.63. The molecule has 1 aromatic heterocycles. The molecule has 24 heavy (non-hydrogen) atoms. The molecule has 5 nitrogen and oxygen atoms in total. The summed E-state index contributed by atoms with van der Waals surface area (Å²) in [5.41, 5.74) is 1.45. The summed E-state index contributed by atoms with van der Waals surface area (Å²) < 4.78 is 18.4. The Bertz CT molecular complexity index is 700. The van der Waals surface area contributed by atoms with Gasteiger partial charge in [-0.3, -0.25) is 4.79 Å². The van der Waals surface area contributed by atoms with Crippen molar-refractivity contribution in [3.63, 3.8) is 0 Å². The second-order valence-electron chi connectivity index (χ2n) is 5.76. The lowest BCUT2D eigenvalue weighted by Gasteiger charge is -2.30. The Morgan fingerprint density at radius 2 is 1.96 bits per heavy atom. The van der Waals surface area contributed by atoms with E-state index in [1.165, 1.54) is 12.1 Å². The number of halogens is 1. The molecule has 1 fully saturated rings. The summed E-state index contributed by atoms with van der Waals surface area (Å²) in [7, 11) is 1.74. The molecule has 6 heteroatoms. The molecule has 0 unspecified atom stereocenters. The predicted molar refractivity (Wildman–Crippen MR) is 89.5 cm³/mol. The molecular formula is C18H20FN3O2. The highest BCUT2D eigenvalue weighted by Crippen LogP contribution is 2.20. The number of ether oxygens (including phenoxy) is 1. The molecule has 126 valence electrons. The van der Waals surface area contributed by atoms with E-state index in [2.05, 4.69) is 9.88 Å². The van der Waals surface area contributed by atoms with Crippen LogP contribution in [-0.2, 0) is 11.3 Å². The number of hydrogen-bond donors (Lipinski definition) is 0. The molecule has 0 atom stereocenters. The molecule has 1 amide bonds. The molecule has 0 bridgehead atoms. The van der Waals surface area contributed by atoms with E-state index in [-0.39, 0.29) is 11.7 Å². The van der Waals surface area contributed by atoms with Gasteiger partial charge in [0.15, 0.2) is 0 Å². The third-order valence-corrected chi connectivity index (χ3v) is 4.01. The normalized spacial score (nSPS) is 14.5. The van der Waals surface area contributed by atoms with Crippen molar-refractivity contribution in [1.82, 2.24) is 9.88 Å². The lowest BCUT2D eigenvalue weighted by Crippen LogP contribution is -2.38. The van der Waals surface area contributed by atoms with E-state index in [0.717, 1.165) is 18.7 Å². The van der Waals surface area contributed by atoms with Crippen molar-refractivity contribution < 1.29 is 13.9 Å². The Balaban J connectivity index is 1.77. The van der Waals surface area contributed by atoms with Crippen LogP contribution in [0.2, 0.25) is 0 Å². The topological polar surface area (TPSA) is 45.7 Å². The maximum Gasteiger partial charge on any atom is 0.257 e. The highest BCUT2D eigenvalue weighted by atomic mass is 19.1. The number of carbonyl (C=O) groups excluding carboxylic acids is 1. The summed E-state index contributed by atoms with van der Waals surface area (Å²) in [5, 5.41) is 0. The number of rotatable bonds is 4. The number of anilines is 1. The van der Waals surface area contributed by atoms with Gasteiger partial charge < -0.3 is 14.5 Å². The Hall–Kier alpha value is -2.47. The van der Waals surface area contributed by atoms with E-state index < -0.39 is 0 Å². The van der Waals surface area contributed by atoms with E-state index in [1.54, 1.807) is 42.4 Å². The summed E-state index contributed by atoms with van der Waals surface area (Å²) >= 11 is 0. The van der Waals surface area contributed by atoms with Gasteiger partial charge in [0, 0.05) is 32.9 Å². The van der Waals surface area contributed by atoms with Gasteiger partial charge >= 0.3 is 0 Å². The summed E-state index contributed by atoms with van der Waals surface area (Å²) in [6.07, 6.45) is 1.70. The Kier molecular flexibility index (Phi) is 5.05. The van der Waals surface area contributed by atoms with Crippen LogP contribution in [0.3, 0.4) is 0 Å². The van der Waals surface area contributed by atoms with Gasteiger partial charge in [-0.05, 0) is 29.8 Å². The zero-order chi connectivity index (χ0) is 16.9. The van der Waals surface area contributed by atoms with Crippen LogP contribution in [-0.4, -0.2) is 49.1 Å². The van der Waals surface area contributed by atoms with Crippen molar-refractivity contribution in [2.75, 3.05) is 38.3 Å². The molecular weight excluding hydrogens is 309 g/mol. The summed E-state index contributed by atoms with van der Waals surface area (Å²) in [5.74, 6) is 0.306. The number of morpholine rings is 1. The van der Waals surface area contributed by atoms with Crippen LogP contribution in [0, 0.1) is 5.82 Å². The molecule has 0 saturated carbocycles. The van der Waals surface area contributed by atoms with Crippen LogP contribution in [0.5, 0.6) is 0 Å². The molecule has 1 aliphatic rings. The maximum absolute atomic E-state index is 13.0. The van der Waals surface area contributed by atoms with Crippen LogP contribution >= 0.6 is 0 Å². The summed E-state index contributed by atoms with van der Waals surface area (Å²) in [4.78, 5) is 20.9. The van der Waals surface area contributed by atoms with Crippen molar-refractivity contribution in [2.24, 2.45) is 0 Å². The molecule has 1 saturated heterocycles. The van der Waals surface area contributed by atoms with Crippen LogP contribution in [0.4, 0.5) is 10.2 Å². The van der Waals surface area contributed by atoms with Gasteiger partial charge in [0.05, 0.1) is 18.8 Å². The molecule has 3 rings (SSSR count). The van der Waals surface area contributed by atoms with E-state index in [1.807, 2.05) is 0 Å². The lowest BCUT2D eigenvalue weighted by atomic mass is 10.1. The summed E-state index contributed by atoms with van der Waals surface area (Å²) in [6, 6.07) is 9.73. The first-order valence-corrected chi connectivity index (χ1v) is 7.93. The number of pyridine rings is 1. The molecule has 2 heterocycles. The van der Waals surface area contributed by atoms with E-state index in [0.29, 0.717) is 31.1 Å².